The largest absolute Gasteiger partial charge is 0.382 e. The highest BCUT2D eigenvalue weighted by atomic mass is 35.5. The van der Waals surface area contributed by atoms with Gasteiger partial charge in [-0.1, -0.05) is 23.7 Å². The first-order valence-corrected chi connectivity index (χ1v) is 5.27. The maximum atomic E-state index is 10.1. The zero-order valence-electron chi connectivity index (χ0n) is 8.76. The number of aliphatic hydroxyl groups is 1. The third-order valence-electron chi connectivity index (χ3n) is 2.26. The normalized spacial score (nSPS) is 12.4. The number of benzene rings is 1. The zero-order valence-corrected chi connectivity index (χ0v) is 9.52. The van der Waals surface area contributed by atoms with Gasteiger partial charge in [-0.2, -0.15) is 0 Å². The van der Waals surface area contributed by atoms with Gasteiger partial charge in [0.15, 0.2) is 0 Å². The second kappa shape index (κ2) is 4.60. The van der Waals surface area contributed by atoms with Crippen LogP contribution >= 0.6 is 11.6 Å². The highest BCUT2D eigenvalue weighted by Gasteiger charge is 2.11. The number of aryl methyl sites for hydroxylation is 1. The summed E-state index contributed by atoms with van der Waals surface area (Å²) >= 11 is 5.78. The summed E-state index contributed by atoms with van der Waals surface area (Å²) in [5, 5.41) is 10.7. The van der Waals surface area contributed by atoms with Gasteiger partial charge in [-0.05, 0) is 30.7 Å². The van der Waals surface area contributed by atoms with E-state index in [1.54, 1.807) is 43.5 Å². The van der Waals surface area contributed by atoms with Crippen LogP contribution in [-0.2, 0) is 0 Å². The number of aromatic nitrogens is 2. The predicted molar refractivity (Wildman–Crippen MR) is 62.3 cm³/mol. The minimum Gasteiger partial charge on any atom is -0.382 e. The maximum absolute atomic E-state index is 10.1. The summed E-state index contributed by atoms with van der Waals surface area (Å²) in [6.07, 6.45) is 0.899. The van der Waals surface area contributed by atoms with Gasteiger partial charge in [-0.25, -0.2) is 9.97 Å². The molecule has 0 aliphatic carbocycles. The quantitative estimate of drug-likeness (QED) is 0.869. The van der Waals surface area contributed by atoms with Crippen LogP contribution in [-0.4, -0.2) is 15.1 Å². The van der Waals surface area contributed by atoms with Crippen molar-refractivity contribution >= 4 is 11.6 Å². The fraction of sp³-hybridized carbons (Fsp3) is 0.167. The lowest BCUT2D eigenvalue weighted by atomic mass is 10.1. The molecule has 2 rings (SSSR count). The fourth-order valence-corrected chi connectivity index (χ4v) is 1.57. The third-order valence-corrected chi connectivity index (χ3v) is 2.52. The van der Waals surface area contributed by atoms with E-state index in [1.165, 1.54) is 0 Å². The van der Waals surface area contributed by atoms with Crippen LogP contribution in [0.15, 0.2) is 36.5 Å². The van der Waals surface area contributed by atoms with E-state index in [1.807, 2.05) is 0 Å². The Bertz CT molecular complexity index is 485. The van der Waals surface area contributed by atoms with Crippen LogP contribution in [0.3, 0.4) is 0 Å². The number of halogens is 1. The van der Waals surface area contributed by atoms with Gasteiger partial charge in [0.25, 0.3) is 0 Å². The molecule has 0 saturated carbocycles. The molecule has 1 heterocycles. The Balaban J connectivity index is 2.31. The molecule has 4 heteroatoms. The van der Waals surface area contributed by atoms with Crippen LogP contribution in [0.1, 0.15) is 23.2 Å². The van der Waals surface area contributed by atoms with Crippen LogP contribution in [0.4, 0.5) is 0 Å². The molecule has 1 unspecified atom stereocenters. The van der Waals surface area contributed by atoms with E-state index >= 15 is 0 Å². The highest BCUT2D eigenvalue weighted by molar-refractivity contribution is 6.30. The van der Waals surface area contributed by atoms with E-state index in [4.69, 9.17) is 11.6 Å². The van der Waals surface area contributed by atoms with Gasteiger partial charge in [-0.3, -0.25) is 0 Å². The second-order valence-corrected chi connectivity index (χ2v) is 3.92. The van der Waals surface area contributed by atoms with Crippen molar-refractivity contribution in [2.75, 3.05) is 0 Å². The molecule has 2 aromatic rings. The first-order chi connectivity index (χ1) is 7.66. The first kappa shape index (κ1) is 11.0. The summed E-state index contributed by atoms with van der Waals surface area (Å²) in [6.45, 7) is 1.79. The molecule has 1 aromatic heterocycles. The molecule has 0 bridgehead atoms. The van der Waals surface area contributed by atoms with E-state index in [9.17, 15) is 5.11 Å². The molecule has 0 spiro atoms. The third kappa shape index (κ3) is 2.38. The molecule has 1 atom stereocenters. The van der Waals surface area contributed by atoms with Gasteiger partial charge in [0.2, 0.25) is 0 Å². The molecule has 0 saturated heterocycles. The average molecular weight is 235 g/mol. The topological polar surface area (TPSA) is 46.0 Å². The summed E-state index contributed by atoms with van der Waals surface area (Å²) in [6, 6.07) is 8.75. The van der Waals surface area contributed by atoms with Crippen molar-refractivity contribution < 1.29 is 5.11 Å². The molecule has 16 heavy (non-hydrogen) atoms. The molecular formula is C12H11ClN2O. The van der Waals surface area contributed by atoms with Crippen LogP contribution in [0.5, 0.6) is 0 Å². The molecule has 0 aliphatic heterocycles. The van der Waals surface area contributed by atoms with Gasteiger partial charge < -0.3 is 5.11 Å². The van der Waals surface area contributed by atoms with Crippen molar-refractivity contribution in [3.8, 4) is 0 Å². The van der Waals surface area contributed by atoms with Crippen molar-refractivity contribution in [1.29, 1.82) is 0 Å². The molecule has 0 fully saturated rings. The Morgan fingerprint density at radius 3 is 2.50 bits per heavy atom. The van der Waals surface area contributed by atoms with Crippen LogP contribution in [0, 0.1) is 6.92 Å². The van der Waals surface area contributed by atoms with E-state index < -0.39 is 6.10 Å². The van der Waals surface area contributed by atoms with Crippen LogP contribution in [0.25, 0.3) is 0 Å². The number of rotatable bonds is 2. The zero-order chi connectivity index (χ0) is 11.5. The van der Waals surface area contributed by atoms with Crippen molar-refractivity contribution in [2.45, 2.75) is 13.0 Å². The standard InChI is InChI=1S/C12H11ClN2O/c1-8-14-7-6-11(15-8)12(16)9-2-4-10(13)5-3-9/h2-7,12,16H,1H3. The van der Waals surface area contributed by atoms with Gasteiger partial charge in [0, 0.05) is 11.2 Å². The Hall–Kier alpha value is -1.45. The molecule has 0 amide bonds. The van der Waals surface area contributed by atoms with Crippen molar-refractivity contribution in [3.63, 3.8) is 0 Å². The summed E-state index contributed by atoms with van der Waals surface area (Å²) in [5.74, 6) is 0.644. The number of hydrogen-bond donors (Lipinski definition) is 1. The molecule has 0 aliphatic rings. The smallest absolute Gasteiger partial charge is 0.125 e. The van der Waals surface area contributed by atoms with Gasteiger partial charge in [0.05, 0.1) is 5.69 Å². The Morgan fingerprint density at radius 2 is 1.88 bits per heavy atom. The lowest BCUT2D eigenvalue weighted by Crippen LogP contribution is -2.03. The number of hydrogen-bond acceptors (Lipinski definition) is 3. The molecule has 1 aromatic carbocycles. The van der Waals surface area contributed by atoms with Crippen molar-refractivity contribution in [3.05, 3.63) is 58.6 Å². The molecule has 82 valence electrons. The molecule has 0 radical (unpaired) electrons. The van der Waals surface area contributed by atoms with Gasteiger partial charge in [0.1, 0.15) is 11.9 Å². The number of aliphatic hydroxyl groups excluding tert-OH is 1. The number of nitrogens with zero attached hydrogens (tertiary/aromatic N) is 2. The Labute approximate surface area is 98.8 Å². The monoisotopic (exact) mass is 234 g/mol. The Kier molecular flexibility index (Phi) is 3.17. The summed E-state index contributed by atoms with van der Waals surface area (Å²) in [5.41, 5.74) is 1.36. The summed E-state index contributed by atoms with van der Waals surface area (Å²) < 4.78 is 0. The van der Waals surface area contributed by atoms with Crippen LogP contribution < -0.4 is 0 Å². The van der Waals surface area contributed by atoms with Crippen molar-refractivity contribution in [2.24, 2.45) is 0 Å². The van der Waals surface area contributed by atoms with E-state index in [0.717, 1.165) is 5.56 Å². The lowest BCUT2D eigenvalue weighted by Gasteiger charge is -2.10. The first-order valence-electron chi connectivity index (χ1n) is 4.90. The average Bonchev–Trinajstić information content (AvgIpc) is 2.29. The lowest BCUT2D eigenvalue weighted by molar-refractivity contribution is 0.215. The van der Waals surface area contributed by atoms with Crippen molar-refractivity contribution in [1.82, 2.24) is 9.97 Å². The Morgan fingerprint density at radius 1 is 1.19 bits per heavy atom. The summed E-state index contributed by atoms with van der Waals surface area (Å²) in [7, 11) is 0. The SMILES string of the molecule is Cc1nccc(C(O)c2ccc(Cl)cc2)n1. The van der Waals surface area contributed by atoms with E-state index in [0.29, 0.717) is 16.5 Å². The van der Waals surface area contributed by atoms with E-state index in [-0.39, 0.29) is 0 Å². The minimum atomic E-state index is -0.737. The predicted octanol–water partition coefficient (Wildman–Crippen LogP) is 2.52. The highest BCUT2D eigenvalue weighted by Crippen LogP contribution is 2.21. The molecular weight excluding hydrogens is 224 g/mol. The van der Waals surface area contributed by atoms with Gasteiger partial charge in [-0.15, -0.1) is 0 Å². The van der Waals surface area contributed by atoms with Gasteiger partial charge >= 0.3 is 0 Å². The fourth-order valence-electron chi connectivity index (χ4n) is 1.44. The summed E-state index contributed by atoms with van der Waals surface area (Å²) in [4.78, 5) is 8.16. The maximum Gasteiger partial charge on any atom is 0.125 e. The molecule has 3 nitrogen and oxygen atoms in total. The minimum absolute atomic E-state index is 0.592. The van der Waals surface area contributed by atoms with Crippen LogP contribution in [0.2, 0.25) is 5.02 Å². The van der Waals surface area contributed by atoms with E-state index in [2.05, 4.69) is 9.97 Å². The molecule has 1 N–H and O–H groups in total. The second-order valence-electron chi connectivity index (χ2n) is 3.48.